The van der Waals surface area contributed by atoms with Crippen molar-refractivity contribution < 1.29 is 29.1 Å². The fraction of sp³-hybridized carbons (Fsp3) is 0.353. The van der Waals surface area contributed by atoms with E-state index in [2.05, 4.69) is 16.0 Å². The molecule has 0 aliphatic carbocycles. The van der Waals surface area contributed by atoms with E-state index in [0.29, 0.717) is 6.42 Å². The largest absolute Gasteiger partial charge is 0.481 e. The third kappa shape index (κ3) is 5.80. The second-order valence-electron chi connectivity index (χ2n) is 6.14. The molecule has 0 radical (unpaired) electrons. The fourth-order valence-corrected chi connectivity index (χ4v) is 2.65. The van der Waals surface area contributed by atoms with Gasteiger partial charge in [0.2, 0.25) is 23.6 Å². The molecule has 10 nitrogen and oxygen atoms in total. The zero-order valence-corrected chi connectivity index (χ0v) is 14.3. The zero-order chi connectivity index (χ0) is 20.0. The Kier molecular flexibility index (Phi) is 6.47. The topological polar surface area (TPSA) is 168 Å². The number of piperazine rings is 1. The average Bonchev–Trinajstić information content (AvgIpc) is 2.59. The molecule has 1 heterocycles. The molecule has 0 unspecified atom stereocenters. The van der Waals surface area contributed by atoms with E-state index in [-0.39, 0.29) is 0 Å². The van der Waals surface area contributed by atoms with E-state index >= 15 is 0 Å². The van der Waals surface area contributed by atoms with E-state index in [1.807, 2.05) is 30.3 Å². The summed E-state index contributed by atoms with van der Waals surface area (Å²) in [5.41, 5.74) is 5.91. The predicted molar refractivity (Wildman–Crippen MR) is 92.0 cm³/mol. The van der Waals surface area contributed by atoms with Gasteiger partial charge in [-0.1, -0.05) is 30.3 Å². The van der Waals surface area contributed by atoms with Gasteiger partial charge in [0.1, 0.15) is 18.1 Å². The number of primary amides is 1. The molecule has 1 aromatic carbocycles. The number of nitrogens with one attached hydrogen (secondary N) is 3. The summed E-state index contributed by atoms with van der Waals surface area (Å²) in [6, 6.07) is 5.84. The molecule has 0 aromatic heterocycles. The molecule has 0 saturated carbocycles. The molecule has 0 spiro atoms. The van der Waals surface area contributed by atoms with Gasteiger partial charge in [0, 0.05) is 6.42 Å². The molecule has 1 aliphatic heterocycles. The first-order valence-corrected chi connectivity index (χ1v) is 8.21. The third-order valence-electron chi connectivity index (χ3n) is 4.00. The van der Waals surface area contributed by atoms with Gasteiger partial charge < -0.3 is 26.8 Å². The number of carboxylic acid groups (broad SMARTS) is 1. The summed E-state index contributed by atoms with van der Waals surface area (Å²) >= 11 is 0. The highest BCUT2D eigenvalue weighted by Crippen LogP contribution is 2.08. The Labute approximate surface area is 154 Å². The molecule has 144 valence electrons. The molecule has 4 amide bonds. The Balaban J connectivity index is 1.92. The molecule has 27 heavy (non-hydrogen) atoms. The Morgan fingerprint density at radius 3 is 2.26 bits per heavy atom. The van der Waals surface area contributed by atoms with Gasteiger partial charge in [-0.3, -0.25) is 24.0 Å². The van der Waals surface area contributed by atoms with Crippen LogP contribution < -0.4 is 21.7 Å². The zero-order valence-electron chi connectivity index (χ0n) is 14.3. The first kappa shape index (κ1) is 19.9. The number of carboxylic acids is 1. The number of aliphatic carboxylic acids is 1. The van der Waals surface area contributed by atoms with E-state index < -0.39 is 60.6 Å². The van der Waals surface area contributed by atoms with E-state index in [4.69, 9.17) is 10.8 Å². The quantitative estimate of drug-likeness (QED) is 0.353. The number of nitrogens with two attached hydrogens (primary N) is 1. The van der Waals surface area contributed by atoms with Crippen molar-refractivity contribution in [2.45, 2.75) is 37.4 Å². The van der Waals surface area contributed by atoms with Crippen molar-refractivity contribution in [3.63, 3.8) is 0 Å². The van der Waals surface area contributed by atoms with Crippen LogP contribution >= 0.6 is 0 Å². The van der Waals surface area contributed by atoms with Gasteiger partial charge in [-0.25, -0.2) is 0 Å². The number of rotatable bonds is 8. The van der Waals surface area contributed by atoms with Crippen LogP contribution in [0.25, 0.3) is 0 Å². The molecule has 2 rings (SSSR count). The standard InChI is InChI=1S/C17H20N4O6/c18-15(25)10(8-14(23)24)19-13(22)7-12-17(27)20-11(16(26)21-12)6-9-4-2-1-3-5-9/h1-5,10-12H,6-8H2,(H2,18,25)(H,19,22)(H,20,27)(H,21,26)(H,23,24)/t10-,11-,12-/m0/s1. The lowest BCUT2D eigenvalue weighted by Crippen LogP contribution is -2.63. The number of benzene rings is 1. The normalized spacial score (nSPS) is 20.1. The highest BCUT2D eigenvalue weighted by molar-refractivity contribution is 5.99. The van der Waals surface area contributed by atoms with Crippen molar-refractivity contribution in [1.29, 1.82) is 0 Å². The van der Waals surface area contributed by atoms with Gasteiger partial charge in [0.25, 0.3) is 0 Å². The van der Waals surface area contributed by atoms with Crippen molar-refractivity contribution in [2.75, 3.05) is 0 Å². The van der Waals surface area contributed by atoms with Crippen LogP contribution in [0, 0.1) is 0 Å². The maximum atomic E-state index is 12.2. The smallest absolute Gasteiger partial charge is 0.305 e. The van der Waals surface area contributed by atoms with Gasteiger partial charge in [-0.2, -0.15) is 0 Å². The summed E-state index contributed by atoms with van der Waals surface area (Å²) in [6.07, 6.45) is -0.817. The first-order valence-electron chi connectivity index (χ1n) is 8.21. The molecule has 0 bridgehead atoms. The maximum Gasteiger partial charge on any atom is 0.305 e. The van der Waals surface area contributed by atoms with E-state index in [1.165, 1.54) is 0 Å². The second-order valence-corrected chi connectivity index (χ2v) is 6.14. The number of carbonyl (C=O) groups excluding carboxylic acids is 4. The minimum atomic E-state index is -1.40. The molecule has 1 saturated heterocycles. The van der Waals surface area contributed by atoms with Gasteiger partial charge >= 0.3 is 5.97 Å². The van der Waals surface area contributed by atoms with Crippen LogP contribution in [0.1, 0.15) is 18.4 Å². The van der Waals surface area contributed by atoms with Gasteiger partial charge in [-0.15, -0.1) is 0 Å². The highest BCUT2D eigenvalue weighted by Gasteiger charge is 2.35. The Morgan fingerprint density at radius 2 is 1.67 bits per heavy atom. The summed E-state index contributed by atoms with van der Waals surface area (Å²) in [6.45, 7) is 0. The summed E-state index contributed by atoms with van der Waals surface area (Å²) in [4.78, 5) is 58.3. The van der Waals surface area contributed by atoms with Crippen LogP contribution in [0.5, 0.6) is 0 Å². The van der Waals surface area contributed by atoms with E-state index in [1.54, 1.807) is 0 Å². The van der Waals surface area contributed by atoms with Crippen molar-refractivity contribution in [2.24, 2.45) is 5.73 Å². The summed E-state index contributed by atoms with van der Waals surface area (Å²) < 4.78 is 0. The second kappa shape index (κ2) is 8.79. The van der Waals surface area contributed by atoms with Crippen LogP contribution in [0.4, 0.5) is 0 Å². The van der Waals surface area contributed by atoms with E-state index in [9.17, 15) is 24.0 Å². The number of carbonyl (C=O) groups is 5. The molecule has 1 fully saturated rings. The molecule has 10 heteroatoms. The minimum absolute atomic E-state index is 0.305. The van der Waals surface area contributed by atoms with Crippen LogP contribution in [0.15, 0.2) is 30.3 Å². The molecule has 6 N–H and O–H groups in total. The Morgan fingerprint density at radius 1 is 1.07 bits per heavy atom. The number of amides is 4. The lowest BCUT2D eigenvalue weighted by molar-refractivity contribution is -0.140. The highest BCUT2D eigenvalue weighted by atomic mass is 16.4. The van der Waals surface area contributed by atoms with Gasteiger partial charge in [-0.05, 0) is 5.56 Å². The Hall–Kier alpha value is -3.43. The lowest BCUT2D eigenvalue weighted by Gasteiger charge is -2.29. The maximum absolute atomic E-state index is 12.2. The first-order chi connectivity index (χ1) is 12.8. The summed E-state index contributed by atoms with van der Waals surface area (Å²) in [5, 5.41) is 15.9. The fourth-order valence-electron chi connectivity index (χ4n) is 2.65. The molecular weight excluding hydrogens is 356 g/mol. The van der Waals surface area contributed by atoms with Crippen LogP contribution in [-0.4, -0.2) is 52.8 Å². The predicted octanol–water partition coefficient (Wildman–Crippen LogP) is -1.95. The number of hydrogen-bond acceptors (Lipinski definition) is 5. The lowest BCUT2D eigenvalue weighted by atomic mass is 10.0. The van der Waals surface area contributed by atoms with Crippen LogP contribution in [0.2, 0.25) is 0 Å². The van der Waals surface area contributed by atoms with Crippen LogP contribution in [0.3, 0.4) is 0 Å². The third-order valence-corrected chi connectivity index (χ3v) is 4.00. The van der Waals surface area contributed by atoms with Crippen molar-refractivity contribution in [3.8, 4) is 0 Å². The average molecular weight is 376 g/mol. The van der Waals surface area contributed by atoms with Gasteiger partial charge in [0.15, 0.2) is 0 Å². The van der Waals surface area contributed by atoms with Gasteiger partial charge in [0.05, 0.1) is 12.8 Å². The van der Waals surface area contributed by atoms with E-state index in [0.717, 1.165) is 5.56 Å². The van der Waals surface area contributed by atoms with Crippen molar-refractivity contribution in [1.82, 2.24) is 16.0 Å². The SMILES string of the molecule is NC(=O)[C@H](CC(=O)O)NC(=O)C[C@@H]1NC(=O)[C@H](Cc2ccccc2)NC1=O. The van der Waals surface area contributed by atoms with Crippen LogP contribution in [-0.2, 0) is 30.4 Å². The van der Waals surface area contributed by atoms with Crippen molar-refractivity contribution in [3.05, 3.63) is 35.9 Å². The monoisotopic (exact) mass is 376 g/mol. The molecule has 3 atom stereocenters. The molecule has 1 aromatic rings. The summed E-state index contributed by atoms with van der Waals surface area (Å²) in [7, 11) is 0. The van der Waals surface area contributed by atoms with Crippen molar-refractivity contribution >= 4 is 29.6 Å². The minimum Gasteiger partial charge on any atom is -0.481 e. The Bertz CT molecular complexity index is 751. The number of hydrogen-bond donors (Lipinski definition) is 5. The molecular formula is C17H20N4O6. The summed E-state index contributed by atoms with van der Waals surface area (Å²) in [5.74, 6) is -4.08. The molecule has 1 aliphatic rings.